The number of hydrogen-bond acceptors (Lipinski definition) is 1. The van der Waals surface area contributed by atoms with Gasteiger partial charge in [-0.15, -0.1) is 0 Å². The Balaban J connectivity index is 2.62. The molecular formula is C9H17NO. The zero-order valence-corrected chi connectivity index (χ0v) is 7.68. The molecule has 1 amide bonds. The Morgan fingerprint density at radius 3 is 2.27 bits per heavy atom. The van der Waals surface area contributed by atoms with Crippen LogP contribution in [0.5, 0.6) is 0 Å². The average molecular weight is 155 g/mol. The van der Waals surface area contributed by atoms with Crippen LogP contribution in [0.1, 0.15) is 40.0 Å². The highest BCUT2D eigenvalue weighted by Gasteiger charge is 2.27. The maximum absolute atomic E-state index is 11.4. The third-order valence-electron chi connectivity index (χ3n) is 2.13. The van der Waals surface area contributed by atoms with Gasteiger partial charge in [-0.25, -0.2) is 0 Å². The number of hydrogen-bond donors (Lipinski definition) is 0. The lowest BCUT2D eigenvalue weighted by Gasteiger charge is -2.38. The number of rotatable bonds is 0. The number of likely N-dealkylation sites (tertiary alicyclic amines) is 1. The molecule has 0 spiro atoms. The van der Waals surface area contributed by atoms with E-state index >= 15 is 0 Å². The Bertz CT molecular complexity index is 157. The molecule has 1 aliphatic rings. The molecule has 0 bridgehead atoms. The van der Waals surface area contributed by atoms with E-state index < -0.39 is 0 Å². The Hall–Kier alpha value is -0.530. The quantitative estimate of drug-likeness (QED) is 0.522. The van der Waals surface area contributed by atoms with Crippen molar-refractivity contribution < 1.29 is 4.79 Å². The van der Waals surface area contributed by atoms with Crippen LogP contribution >= 0.6 is 0 Å². The highest BCUT2D eigenvalue weighted by Crippen LogP contribution is 2.20. The van der Waals surface area contributed by atoms with Gasteiger partial charge in [0.05, 0.1) is 0 Å². The van der Waals surface area contributed by atoms with Crippen LogP contribution < -0.4 is 0 Å². The fourth-order valence-corrected chi connectivity index (χ4v) is 1.52. The summed E-state index contributed by atoms with van der Waals surface area (Å²) in [6, 6.07) is 0. The molecule has 0 aliphatic carbocycles. The lowest BCUT2D eigenvalue weighted by Crippen LogP contribution is -2.47. The van der Waals surface area contributed by atoms with Gasteiger partial charge < -0.3 is 4.90 Å². The summed E-state index contributed by atoms with van der Waals surface area (Å²) >= 11 is 0. The Labute approximate surface area is 68.6 Å². The molecular weight excluding hydrogens is 138 g/mol. The van der Waals surface area contributed by atoms with Gasteiger partial charge in [-0.05, 0) is 33.6 Å². The first kappa shape index (κ1) is 8.57. The van der Waals surface area contributed by atoms with Gasteiger partial charge >= 0.3 is 0 Å². The predicted octanol–water partition coefficient (Wildman–Crippen LogP) is 1.80. The van der Waals surface area contributed by atoms with Crippen LogP contribution in [0.3, 0.4) is 0 Å². The maximum atomic E-state index is 11.4. The molecule has 1 rings (SSSR count). The van der Waals surface area contributed by atoms with Crippen LogP contribution in [-0.4, -0.2) is 22.9 Å². The number of carbonyl (C=O) groups is 1. The summed E-state index contributed by atoms with van der Waals surface area (Å²) in [5, 5.41) is 0. The van der Waals surface area contributed by atoms with Crippen LogP contribution in [0.2, 0.25) is 0 Å². The molecule has 0 aromatic carbocycles. The van der Waals surface area contributed by atoms with Crippen molar-refractivity contribution in [3.63, 3.8) is 0 Å². The summed E-state index contributed by atoms with van der Waals surface area (Å²) in [7, 11) is 0. The molecule has 1 fully saturated rings. The first-order valence-electron chi connectivity index (χ1n) is 4.32. The minimum absolute atomic E-state index is 0.0253. The number of amides is 1. The zero-order valence-electron chi connectivity index (χ0n) is 7.68. The molecule has 0 unspecified atom stereocenters. The minimum Gasteiger partial charge on any atom is -0.338 e. The molecule has 2 heteroatoms. The van der Waals surface area contributed by atoms with E-state index in [1.165, 1.54) is 6.42 Å². The lowest BCUT2D eigenvalue weighted by molar-refractivity contribution is -0.138. The summed E-state index contributed by atoms with van der Waals surface area (Å²) in [4.78, 5) is 13.3. The Morgan fingerprint density at radius 2 is 1.91 bits per heavy atom. The standard InChI is InChI=1S/C9H17NO/c1-9(2,3)10-7-5-4-6-8(10)11/h4-7H2,1-3H3. The lowest BCUT2D eigenvalue weighted by atomic mass is 10.0. The van der Waals surface area contributed by atoms with Crippen molar-refractivity contribution >= 4 is 5.91 Å². The Morgan fingerprint density at radius 1 is 1.27 bits per heavy atom. The summed E-state index contributed by atoms with van der Waals surface area (Å²) in [6.45, 7) is 7.23. The van der Waals surface area contributed by atoms with Crippen molar-refractivity contribution in [2.75, 3.05) is 6.54 Å². The second kappa shape index (κ2) is 2.84. The van der Waals surface area contributed by atoms with Gasteiger partial charge in [0.1, 0.15) is 0 Å². The van der Waals surface area contributed by atoms with Crippen molar-refractivity contribution in [2.45, 2.75) is 45.6 Å². The van der Waals surface area contributed by atoms with Crippen LogP contribution in [0.15, 0.2) is 0 Å². The molecule has 0 saturated carbocycles. The molecule has 0 N–H and O–H groups in total. The molecule has 2 nitrogen and oxygen atoms in total. The fraction of sp³-hybridized carbons (Fsp3) is 0.889. The maximum Gasteiger partial charge on any atom is 0.222 e. The van der Waals surface area contributed by atoms with Crippen molar-refractivity contribution in [2.24, 2.45) is 0 Å². The van der Waals surface area contributed by atoms with E-state index in [2.05, 4.69) is 20.8 Å². The van der Waals surface area contributed by atoms with E-state index in [9.17, 15) is 4.79 Å². The van der Waals surface area contributed by atoms with Gasteiger partial charge in [-0.1, -0.05) is 0 Å². The van der Waals surface area contributed by atoms with E-state index in [0.29, 0.717) is 5.91 Å². The summed E-state index contributed by atoms with van der Waals surface area (Å²) in [5.74, 6) is 0.323. The zero-order chi connectivity index (χ0) is 8.48. The van der Waals surface area contributed by atoms with E-state index in [4.69, 9.17) is 0 Å². The van der Waals surface area contributed by atoms with Gasteiger partial charge in [-0.3, -0.25) is 4.79 Å². The van der Waals surface area contributed by atoms with E-state index in [0.717, 1.165) is 19.4 Å². The molecule has 1 heterocycles. The van der Waals surface area contributed by atoms with Gasteiger partial charge in [-0.2, -0.15) is 0 Å². The molecule has 0 aromatic heterocycles. The first-order chi connectivity index (χ1) is 5.02. The van der Waals surface area contributed by atoms with E-state index in [-0.39, 0.29) is 5.54 Å². The summed E-state index contributed by atoms with van der Waals surface area (Å²) in [5.41, 5.74) is 0.0253. The predicted molar refractivity (Wildman–Crippen MR) is 45.3 cm³/mol. The van der Waals surface area contributed by atoms with Crippen molar-refractivity contribution in [1.29, 1.82) is 0 Å². The average Bonchev–Trinajstić information content (AvgIpc) is 1.86. The number of carbonyl (C=O) groups excluding carboxylic acids is 1. The molecule has 11 heavy (non-hydrogen) atoms. The monoisotopic (exact) mass is 155 g/mol. The number of nitrogens with zero attached hydrogens (tertiary/aromatic N) is 1. The van der Waals surface area contributed by atoms with E-state index in [1.807, 2.05) is 4.90 Å². The van der Waals surface area contributed by atoms with Crippen LogP contribution in [0, 0.1) is 0 Å². The van der Waals surface area contributed by atoms with Crippen molar-refractivity contribution in [3.05, 3.63) is 0 Å². The van der Waals surface area contributed by atoms with E-state index in [1.54, 1.807) is 0 Å². The minimum atomic E-state index is 0.0253. The van der Waals surface area contributed by atoms with Crippen LogP contribution in [-0.2, 0) is 4.79 Å². The third kappa shape index (κ3) is 1.95. The smallest absolute Gasteiger partial charge is 0.222 e. The Kier molecular flexibility index (Phi) is 2.21. The highest BCUT2D eigenvalue weighted by atomic mass is 16.2. The molecule has 0 aromatic rings. The van der Waals surface area contributed by atoms with Gasteiger partial charge in [0.25, 0.3) is 0 Å². The number of piperidine rings is 1. The fourth-order valence-electron chi connectivity index (χ4n) is 1.52. The summed E-state index contributed by atoms with van der Waals surface area (Å²) in [6.07, 6.45) is 2.99. The topological polar surface area (TPSA) is 20.3 Å². The van der Waals surface area contributed by atoms with Gasteiger partial charge in [0.15, 0.2) is 0 Å². The van der Waals surface area contributed by atoms with Crippen molar-refractivity contribution in [1.82, 2.24) is 4.90 Å². The molecule has 0 radical (unpaired) electrons. The van der Waals surface area contributed by atoms with Crippen LogP contribution in [0.25, 0.3) is 0 Å². The largest absolute Gasteiger partial charge is 0.338 e. The van der Waals surface area contributed by atoms with Gasteiger partial charge in [0.2, 0.25) is 5.91 Å². The molecule has 1 saturated heterocycles. The highest BCUT2D eigenvalue weighted by molar-refractivity contribution is 5.77. The molecule has 1 aliphatic heterocycles. The second-order valence-electron chi connectivity index (χ2n) is 4.17. The first-order valence-corrected chi connectivity index (χ1v) is 4.32. The third-order valence-corrected chi connectivity index (χ3v) is 2.13. The van der Waals surface area contributed by atoms with Crippen molar-refractivity contribution in [3.8, 4) is 0 Å². The normalized spacial score (nSPS) is 20.6. The molecule has 64 valence electrons. The van der Waals surface area contributed by atoms with Gasteiger partial charge in [0, 0.05) is 18.5 Å². The second-order valence-corrected chi connectivity index (χ2v) is 4.17. The van der Waals surface area contributed by atoms with Crippen LogP contribution in [0.4, 0.5) is 0 Å². The SMILES string of the molecule is CC(C)(C)N1CCCCC1=O. The summed E-state index contributed by atoms with van der Waals surface area (Å²) < 4.78 is 0. The molecule has 0 atom stereocenters.